The molecular weight excluding hydrogens is 246 g/mol. The molecular formula is C13H17N3OS. The van der Waals surface area contributed by atoms with E-state index in [-0.39, 0.29) is 6.10 Å². The second-order valence-corrected chi connectivity index (χ2v) is 5.71. The first-order valence-corrected chi connectivity index (χ1v) is 7.06. The first kappa shape index (κ1) is 11.7. The summed E-state index contributed by atoms with van der Waals surface area (Å²) in [6, 6.07) is 5.89. The molecule has 0 bridgehead atoms. The molecule has 2 heterocycles. The summed E-state index contributed by atoms with van der Waals surface area (Å²) in [6.45, 7) is 4.88. The highest BCUT2D eigenvalue weighted by Gasteiger charge is 2.18. The fourth-order valence-corrected chi connectivity index (χ4v) is 3.28. The predicted molar refractivity (Wildman–Crippen MR) is 76.3 cm³/mol. The monoisotopic (exact) mass is 263 g/mol. The number of hydrogen-bond donors (Lipinski definition) is 1. The SMILES string of the molecule is C[C@H]1CN(c2nc3ccc(N)cc3s2)CCCO1. The molecule has 1 aromatic carbocycles. The highest BCUT2D eigenvalue weighted by molar-refractivity contribution is 7.22. The van der Waals surface area contributed by atoms with Gasteiger partial charge in [-0.25, -0.2) is 4.98 Å². The Labute approximate surface area is 110 Å². The Morgan fingerprint density at radius 2 is 2.39 bits per heavy atom. The smallest absolute Gasteiger partial charge is 0.186 e. The molecule has 0 aliphatic carbocycles. The van der Waals surface area contributed by atoms with Crippen LogP contribution in [0.4, 0.5) is 10.8 Å². The van der Waals surface area contributed by atoms with Crippen molar-refractivity contribution in [2.24, 2.45) is 0 Å². The molecule has 1 aromatic heterocycles. The van der Waals surface area contributed by atoms with E-state index >= 15 is 0 Å². The number of nitrogen functional groups attached to an aromatic ring is 1. The molecule has 1 fully saturated rings. The Bertz CT molecular complexity index is 554. The highest BCUT2D eigenvalue weighted by Crippen LogP contribution is 2.30. The van der Waals surface area contributed by atoms with Crippen LogP contribution >= 0.6 is 11.3 Å². The van der Waals surface area contributed by atoms with Crippen molar-refractivity contribution in [2.75, 3.05) is 30.3 Å². The van der Waals surface area contributed by atoms with Crippen LogP contribution in [0.5, 0.6) is 0 Å². The number of thiazole rings is 1. The zero-order valence-corrected chi connectivity index (χ0v) is 11.2. The summed E-state index contributed by atoms with van der Waals surface area (Å²) >= 11 is 1.71. The largest absolute Gasteiger partial charge is 0.399 e. The van der Waals surface area contributed by atoms with Crippen LogP contribution in [0.1, 0.15) is 13.3 Å². The number of ether oxygens (including phenoxy) is 1. The molecule has 0 saturated carbocycles. The van der Waals surface area contributed by atoms with E-state index < -0.39 is 0 Å². The number of anilines is 2. The van der Waals surface area contributed by atoms with Gasteiger partial charge in [-0.3, -0.25) is 0 Å². The summed E-state index contributed by atoms with van der Waals surface area (Å²) in [6.07, 6.45) is 1.33. The van der Waals surface area contributed by atoms with Crippen molar-refractivity contribution in [1.82, 2.24) is 4.98 Å². The van der Waals surface area contributed by atoms with E-state index in [2.05, 4.69) is 16.8 Å². The third-order valence-corrected chi connectivity index (χ3v) is 4.20. The number of fused-ring (bicyclic) bond motifs is 1. The molecule has 4 nitrogen and oxygen atoms in total. The fraction of sp³-hybridized carbons (Fsp3) is 0.462. The van der Waals surface area contributed by atoms with Gasteiger partial charge in [0.25, 0.3) is 0 Å². The Morgan fingerprint density at radius 1 is 1.50 bits per heavy atom. The molecule has 1 atom stereocenters. The fourth-order valence-electron chi connectivity index (χ4n) is 2.23. The van der Waals surface area contributed by atoms with Crippen molar-refractivity contribution in [3.8, 4) is 0 Å². The predicted octanol–water partition coefficient (Wildman–Crippen LogP) is 2.49. The Balaban J connectivity index is 1.93. The zero-order chi connectivity index (χ0) is 12.5. The van der Waals surface area contributed by atoms with Crippen molar-refractivity contribution < 1.29 is 4.74 Å². The number of rotatable bonds is 1. The minimum absolute atomic E-state index is 0.268. The molecule has 0 radical (unpaired) electrons. The van der Waals surface area contributed by atoms with Crippen molar-refractivity contribution >= 4 is 32.4 Å². The molecule has 1 saturated heterocycles. The van der Waals surface area contributed by atoms with Crippen LogP contribution in [0.15, 0.2) is 18.2 Å². The van der Waals surface area contributed by atoms with Gasteiger partial charge in [-0.15, -0.1) is 0 Å². The Hall–Kier alpha value is -1.33. The molecule has 5 heteroatoms. The maximum Gasteiger partial charge on any atom is 0.186 e. The van der Waals surface area contributed by atoms with Gasteiger partial charge in [0.05, 0.1) is 16.3 Å². The van der Waals surface area contributed by atoms with E-state index in [1.165, 1.54) is 0 Å². The van der Waals surface area contributed by atoms with Gasteiger partial charge in [0.1, 0.15) is 0 Å². The summed E-state index contributed by atoms with van der Waals surface area (Å²) < 4.78 is 6.82. The quantitative estimate of drug-likeness (QED) is 0.803. The van der Waals surface area contributed by atoms with E-state index in [0.29, 0.717) is 0 Å². The van der Waals surface area contributed by atoms with Gasteiger partial charge >= 0.3 is 0 Å². The molecule has 2 N–H and O–H groups in total. The molecule has 18 heavy (non-hydrogen) atoms. The molecule has 2 aromatic rings. The number of benzene rings is 1. The van der Waals surface area contributed by atoms with E-state index in [0.717, 1.165) is 47.2 Å². The van der Waals surface area contributed by atoms with Crippen LogP contribution in [-0.2, 0) is 4.74 Å². The summed E-state index contributed by atoms with van der Waals surface area (Å²) in [5.41, 5.74) is 7.63. The maximum atomic E-state index is 5.80. The van der Waals surface area contributed by atoms with Crippen LogP contribution in [0.3, 0.4) is 0 Å². The van der Waals surface area contributed by atoms with Gasteiger partial charge in [-0.2, -0.15) is 0 Å². The third-order valence-electron chi connectivity index (χ3n) is 3.12. The molecule has 96 valence electrons. The summed E-state index contributed by atoms with van der Waals surface area (Å²) in [5, 5.41) is 1.08. The third kappa shape index (κ3) is 2.28. The lowest BCUT2D eigenvalue weighted by molar-refractivity contribution is 0.0821. The van der Waals surface area contributed by atoms with E-state index in [1.807, 2.05) is 18.2 Å². The maximum absolute atomic E-state index is 5.80. The molecule has 0 unspecified atom stereocenters. The van der Waals surface area contributed by atoms with Crippen LogP contribution in [-0.4, -0.2) is 30.8 Å². The van der Waals surface area contributed by atoms with Crippen LogP contribution in [0, 0.1) is 0 Å². The van der Waals surface area contributed by atoms with E-state index in [9.17, 15) is 0 Å². The van der Waals surface area contributed by atoms with Gasteiger partial charge in [-0.05, 0) is 31.5 Å². The summed E-state index contributed by atoms with van der Waals surface area (Å²) in [5.74, 6) is 0. The minimum Gasteiger partial charge on any atom is -0.399 e. The van der Waals surface area contributed by atoms with Gasteiger partial charge in [0, 0.05) is 25.4 Å². The van der Waals surface area contributed by atoms with Crippen molar-refractivity contribution in [1.29, 1.82) is 0 Å². The second-order valence-electron chi connectivity index (χ2n) is 4.70. The lowest BCUT2D eigenvalue weighted by atomic mass is 10.3. The first-order valence-electron chi connectivity index (χ1n) is 6.25. The van der Waals surface area contributed by atoms with Crippen LogP contribution in [0.25, 0.3) is 10.2 Å². The topological polar surface area (TPSA) is 51.4 Å². The van der Waals surface area contributed by atoms with Crippen LogP contribution < -0.4 is 10.6 Å². The lowest BCUT2D eigenvalue weighted by Crippen LogP contribution is -2.29. The molecule has 1 aliphatic rings. The summed E-state index contributed by atoms with van der Waals surface area (Å²) in [7, 11) is 0. The van der Waals surface area contributed by atoms with Gasteiger partial charge in [-0.1, -0.05) is 11.3 Å². The summed E-state index contributed by atoms with van der Waals surface area (Å²) in [4.78, 5) is 7.00. The minimum atomic E-state index is 0.268. The van der Waals surface area contributed by atoms with E-state index in [1.54, 1.807) is 11.3 Å². The van der Waals surface area contributed by atoms with Crippen molar-refractivity contribution in [3.63, 3.8) is 0 Å². The van der Waals surface area contributed by atoms with Crippen molar-refractivity contribution in [3.05, 3.63) is 18.2 Å². The Morgan fingerprint density at radius 3 is 3.28 bits per heavy atom. The normalized spacial score (nSPS) is 21.2. The Kier molecular flexibility index (Phi) is 3.09. The number of nitrogens with zero attached hydrogens (tertiary/aromatic N) is 2. The lowest BCUT2D eigenvalue weighted by Gasteiger charge is -2.20. The van der Waals surface area contributed by atoms with E-state index in [4.69, 9.17) is 10.5 Å². The average molecular weight is 263 g/mol. The number of aromatic nitrogens is 1. The van der Waals surface area contributed by atoms with Crippen LogP contribution in [0.2, 0.25) is 0 Å². The molecule has 1 aliphatic heterocycles. The molecule has 0 spiro atoms. The molecule has 3 rings (SSSR count). The van der Waals surface area contributed by atoms with Gasteiger partial charge in [0.2, 0.25) is 0 Å². The number of hydrogen-bond acceptors (Lipinski definition) is 5. The number of nitrogens with two attached hydrogens (primary N) is 1. The highest BCUT2D eigenvalue weighted by atomic mass is 32.1. The zero-order valence-electron chi connectivity index (χ0n) is 10.4. The van der Waals surface area contributed by atoms with Gasteiger partial charge in [0.15, 0.2) is 5.13 Å². The van der Waals surface area contributed by atoms with Gasteiger partial charge < -0.3 is 15.4 Å². The average Bonchev–Trinajstić information content (AvgIpc) is 2.63. The standard InChI is InChI=1S/C13H17N3OS/c1-9-8-16(5-2-6-17-9)13-15-11-4-3-10(14)7-12(11)18-13/h3-4,7,9H,2,5-6,8,14H2,1H3/t9-/m0/s1. The first-order chi connectivity index (χ1) is 8.72. The van der Waals surface area contributed by atoms with Crippen molar-refractivity contribution in [2.45, 2.75) is 19.4 Å². The second kappa shape index (κ2) is 4.74. The molecule has 0 amide bonds.